The molecule has 2 heterocycles. The van der Waals surface area contributed by atoms with E-state index in [9.17, 15) is 4.79 Å². The highest BCUT2D eigenvalue weighted by Gasteiger charge is 2.12. The summed E-state index contributed by atoms with van der Waals surface area (Å²) in [6.45, 7) is 0. The van der Waals surface area contributed by atoms with Crippen LogP contribution in [0.1, 0.15) is 5.76 Å². The first-order valence-electron chi connectivity index (χ1n) is 6.74. The highest BCUT2D eigenvalue weighted by atomic mass is 32.1. The number of thiazole rings is 1. The van der Waals surface area contributed by atoms with E-state index in [0.29, 0.717) is 27.9 Å². The molecule has 7 heteroatoms. The Morgan fingerprint density at radius 1 is 1.35 bits per heavy atom. The fourth-order valence-corrected chi connectivity index (χ4v) is 2.91. The van der Waals surface area contributed by atoms with Gasteiger partial charge in [0.2, 0.25) is 5.91 Å². The average Bonchev–Trinajstić information content (AvgIpc) is 3.20. The van der Waals surface area contributed by atoms with Gasteiger partial charge in [-0.2, -0.15) is 0 Å². The molecule has 0 aliphatic heterocycles. The average molecular weight is 330 g/mol. The number of nitrogens with zero attached hydrogens (tertiary/aromatic N) is 1. The molecule has 1 aromatic carbocycles. The molecule has 0 bridgehead atoms. The summed E-state index contributed by atoms with van der Waals surface area (Å²) in [6, 6.07) is 7.12. The Morgan fingerprint density at radius 2 is 2.22 bits per heavy atom. The maximum absolute atomic E-state index is 11.9. The van der Waals surface area contributed by atoms with Gasteiger partial charge in [0.05, 0.1) is 25.2 Å². The number of benzene rings is 1. The van der Waals surface area contributed by atoms with Crippen molar-refractivity contribution in [2.24, 2.45) is 0 Å². The van der Waals surface area contributed by atoms with E-state index in [1.165, 1.54) is 17.4 Å². The minimum absolute atomic E-state index is 0.286. The third kappa shape index (κ3) is 3.35. The monoisotopic (exact) mass is 330 g/mol. The molecule has 0 fully saturated rings. The molecule has 3 rings (SSSR count). The van der Waals surface area contributed by atoms with Gasteiger partial charge in [-0.15, -0.1) is 0 Å². The summed E-state index contributed by atoms with van der Waals surface area (Å²) in [4.78, 5) is 16.3. The van der Waals surface area contributed by atoms with Crippen molar-refractivity contribution in [2.75, 3.05) is 19.5 Å². The predicted octanol–water partition coefficient (Wildman–Crippen LogP) is 3.56. The van der Waals surface area contributed by atoms with Crippen LogP contribution in [-0.2, 0) is 4.79 Å². The summed E-state index contributed by atoms with van der Waals surface area (Å²) < 4.78 is 16.5. The van der Waals surface area contributed by atoms with Crippen LogP contribution in [0.3, 0.4) is 0 Å². The molecule has 0 atom stereocenters. The molecule has 0 saturated carbocycles. The number of hydrogen-bond donors (Lipinski definition) is 1. The van der Waals surface area contributed by atoms with Gasteiger partial charge in [0.15, 0.2) is 5.13 Å². The van der Waals surface area contributed by atoms with E-state index in [0.717, 1.165) is 4.70 Å². The van der Waals surface area contributed by atoms with Crippen LogP contribution >= 0.6 is 11.3 Å². The van der Waals surface area contributed by atoms with E-state index in [4.69, 9.17) is 13.9 Å². The smallest absolute Gasteiger partial charge is 0.250 e. The number of anilines is 1. The molecule has 0 aliphatic rings. The van der Waals surface area contributed by atoms with Gasteiger partial charge >= 0.3 is 0 Å². The van der Waals surface area contributed by atoms with Crippen LogP contribution in [0.2, 0.25) is 0 Å². The lowest BCUT2D eigenvalue weighted by atomic mass is 10.3. The van der Waals surface area contributed by atoms with E-state index >= 15 is 0 Å². The van der Waals surface area contributed by atoms with Gasteiger partial charge < -0.3 is 13.9 Å². The topological polar surface area (TPSA) is 73.6 Å². The van der Waals surface area contributed by atoms with Crippen LogP contribution in [0, 0.1) is 0 Å². The first kappa shape index (κ1) is 15.1. The quantitative estimate of drug-likeness (QED) is 0.724. The zero-order chi connectivity index (χ0) is 16.2. The van der Waals surface area contributed by atoms with E-state index in [-0.39, 0.29) is 5.91 Å². The van der Waals surface area contributed by atoms with Crippen molar-refractivity contribution in [3.63, 3.8) is 0 Å². The second kappa shape index (κ2) is 6.53. The van der Waals surface area contributed by atoms with Gasteiger partial charge in [-0.25, -0.2) is 4.98 Å². The largest absolute Gasteiger partial charge is 0.497 e. The molecule has 0 radical (unpaired) electrons. The van der Waals surface area contributed by atoms with Gasteiger partial charge in [0.25, 0.3) is 0 Å². The van der Waals surface area contributed by atoms with E-state index in [2.05, 4.69) is 10.3 Å². The predicted molar refractivity (Wildman–Crippen MR) is 89.1 cm³/mol. The number of carbonyl (C=O) groups is 1. The Balaban J connectivity index is 1.81. The second-order valence-electron chi connectivity index (χ2n) is 4.53. The Bertz CT molecular complexity index is 852. The number of nitrogens with one attached hydrogen (secondary N) is 1. The number of aromatic nitrogens is 1. The van der Waals surface area contributed by atoms with Crippen LogP contribution in [0.25, 0.3) is 16.3 Å². The molecule has 23 heavy (non-hydrogen) atoms. The zero-order valence-corrected chi connectivity index (χ0v) is 13.3. The molecule has 1 N–H and O–H groups in total. The van der Waals surface area contributed by atoms with Crippen molar-refractivity contribution in [3.8, 4) is 11.5 Å². The number of ether oxygens (including phenoxy) is 2. The fraction of sp³-hybridized carbons (Fsp3) is 0.125. The number of methoxy groups -OCH3 is 2. The lowest BCUT2D eigenvalue weighted by Crippen LogP contribution is -2.07. The maximum atomic E-state index is 11.9. The van der Waals surface area contributed by atoms with Crippen molar-refractivity contribution >= 4 is 38.7 Å². The maximum Gasteiger partial charge on any atom is 0.250 e. The number of carbonyl (C=O) groups excluding carboxylic acids is 1. The normalized spacial score (nSPS) is 11.0. The minimum Gasteiger partial charge on any atom is -0.497 e. The molecule has 0 saturated heterocycles. The summed E-state index contributed by atoms with van der Waals surface area (Å²) >= 11 is 1.35. The number of hydrogen-bond acceptors (Lipinski definition) is 6. The lowest BCUT2D eigenvalue weighted by Gasteiger charge is -2.03. The van der Waals surface area contributed by atoms with Crippen molar-refractivity contribution < 1.29 is 18.7 Å². The lowest BCUT2D eigenvalue weighted by molar-refractivity contribution is -0.111. The van der Waals surface area contributed by atoms with Gasteiger partial charge in [0, 0.05) is 12.1 Å². The summed E-state index contributed by atoms with van der Waals surface area (Å²) in [7, 11) is 3.15. The number of fused-ring (bicyclic) bond motifs is 1. The van der Waals surface area contributed by atoms with Crippen LogP contribution in [0.15, 0.2) is 41.0 Å². The summed E-state index contributed by atoms with van der Waals surface area (Å²) in [5.41, 5.74) is 0.684. The van der Waals surface area contributed by atoms with Crippen LogP contribution in [-0.4, -0.2) is 25.1 Å². The van der Waals surface area contributed by atoms with Crippen LogP contribution in [0.5, 0.6) is 11.5 Å². The van der Waals surface area contributed by atoms with Gasteiger partial charge in [-0.3, -0.25) is 10.1 Å². The molecule has 2 aromatic heterocycles. The number of amides is 1. The molecular weight excluding hydrogens is 316 g/mol. The van der Waals surface area contributed by atoms with Crippen molar-refractivity contribution in [2.45, 2.75) is 0 Å². The van der Waals surface area contributed by atoms with Gasteiger partial charge in [-0.05, 0) is 24.3 Å². The van der Waals surface area contributed by atoms with Crippen molar-refractivity contribution in [1.82, 2.24) is 4.98 Å². The molecule has 118 valence electrons. The number of furan rings is 1. The summed E-state index contributed by atoms with van der Waals surface area (Å²) in [6.07, 6.45) is 4.53. The Morgan fingerprint density at radius 3 is 2.91 bits per heavy atom. The first-order valence-corrected chi connectivity index (χ1v) is 7.56. The van der Waals surface area contributed by atoms with Crippen molar-refractivity contribution in [1.29, 1.82) is 0 Å². The highest BCUT2D eigenvalue weighted by molar-refractivity contribution is 7.22. The van der Waals surface area contributed by atoms with E-state index in [1.807, 2.05) is 6.07 Å². The standard InChI is InChI=1S/C16H14N2O4S/c1-20-11-8-12(21-2)15-13(9-11)23-16(18-15)17-14(19)6-5-10-4-3-7-22-10/h3-9H,1-2H3,(H,17,18,19). The SMILES string of the molecule is COc1cc(OC)c2nc(NC(=O)C=Cc3ccco3)sc2c1. The molecule has 0 aliphatic carbocycles. The minimum atomic E-state index is -0.286. The Labute approximate surface area is 136 Å². The third-order valence-corrected chi connectivity index (χ3v) is 3.98. The molecular formula is C16H14N2O4S. The highest BCUT2D eigenvalue weighted by Crippen LogP contribution is 2.36. The summed E-state index contributed by atoms with van der Waals surface area (Å²) in [5, 5.41) is 3.21. The summed E-state index contributed by atoms with van der Waals surface area (Å²) in [5.74, 6) is 1.60. The van der Waals surface area contributed by atoms with Gasteiger partial charge in [-0.1, -0.05) is 11.3 Å². The zero-order valence-electron chi connectivity index (χ0n) is 12.5. The first-order chi connectivity index (χ1) is 11.2. The van der Waals surface area contributed by atoms with Crippen LogP contribution in [0.4, 0.5) is 5.13 Å². The molecule has 0 spiro atoms. The number of rotatable bonds is 5. The third-order valence-electron chi connectivity index (χ3n) is 3.06. The van der Waals surface area contributed by atoms with E-state index in [1.54, 1.807) is 44.8 Å². The fourth-order valence-electron chi connectivity index (χ4n) is 1.99. The van der Waals surface area contributed by atoms with Crippen LogP contribution < -0.4 is 14.8 Å². The van der Waals surface area contributed by atoms with E-state index < -0.39 is 0 Å². The molecule has 0 unspecified atom stereocenters. The Hall–Kier alpha value is -2.80. The molecule has 3 aromatic rings. The Kier molecular flexibility index (Phi) is 4.29. The van der Waals surface area contributed by atoms with Gasteiger partial charge in [0.1, 0.15) is 22.8 Å². The molecule has 1 amide bonds. The molecule has 6 nitrogen and oxygen atoms in total. The second-order valence-corrected chi connectivity index (χ2v) is 5.56. The van der Waals surface area contributed by atoms with Crippen molar-refractivity contribution in [3.05, 3.63) is 42.4 Å².